The summed E-state index contributed by atoms with van der Waals surface area (Å²) in [5.74, 6) is 1.67. The Labute approximate surface area is 212 Å². The summed E-state index contributed by atoms with van der Waals surface area (Å²) in [6.07, 6.45) is 10.2. The standard InChI is InChI=1S/C29H42N2S2/c1-4-5-6-10-21-31(29(32)33-23-25-11-8-7-9-12-25)28-19-17-27(18-20-28)26-15-13-24(14-16-26)22-30(2)3/h7-9,11-16,27-28H,4-6,10,17-23H2,1-3H3. The van der Waals surface area contributed by atoms with E-state index in [1.807, 2.05) is 11.8 Å². The fourth-order valence-electron chi connectivity index (χ4n) is 4.92. The molecular formula is C29H42N2S2. The molecular weight excluding hydrogens is 440 g/mol. The van der Waals surface area contributed by atoms with Crippen LogP contribution in [0.5, 0.6) is 0 Å². The Bertz CT molecular complexity index is 811. The van der Waals surface area contributed by atoms with Gasteiger partial charge in [0.1, 0.15) is 4.32 Å². The van der Waals surface area contributed by atoms with Gasteiger partial charge in [0.2, 0.25) is 0 Å². The summed E-state index contributed by atoms with van der Waals surface area (Å²) in [5.41, 5.74) is 4.28. The first kappa shape index (κ1) is 26.2. The van der Waals surface area contributed by atoms with Crippen LogP contribution >= 0.6 is 24.0 Å². The third-order valence-electron chi connectivity index (χ3n) is 6.78. The third-order valence-corrected chi connectivity index (χ3v) is 8.33. The van der Waals surface area contributed by atoms with Gasteiger partial charge in [0.25, 0.3) is 0 Å². The van der Waals surface area contributed by atoms with E-state index in [9.17, 15) is 0 Å². The van der Waals surface area contributed by atoms with Gasteiger partial charge in [-0.05, 0) is 68.8 Å². The van der Waals surface area contributed by atoms with E-state index in [2.05, 4.69) is 85.4 Å². The normalized spacial score (nSPS) is 18.4. The minimum Gasteiger partial charge on any atom is -0.355 e. The van der Waals surface area contributed by atoms with E-state index in [-0.39, 0.29) is 0 Å². The number of hydrogen-bond donors (Lipinski definition) is 0. The molecule has 0 radical (unpaired) electrons. The van der Waals surface area contributed by atoms with Gasteiger partial charge in [-0.3, -0.25) is 0 Å². The van der Waals surface area contributed by atoms with Crippen molar-refractivity contribution >= 4 is 28.3 Å². The van der Waals surface area contributed by atoms with Crippen molar-refractivity contribution < 1.29 is 0 Å². The van der Waals surface area contributed by atoms with Crippen LogP contribution in [0, 0.1) is 0 Å². The van der Waals surface area contributed by atoms with Crippen molar-refractivity contribution in [2.24, 2.45) is 0 Å². The van der Waals surface area contributed by atoms with Gasteiger partial charge in [-0.25, -0.2) is 0 Å². The molecule has 1 fully saturated rings. The first-order valence-electron chi connectivity index (χ1n) is 12.8. The highest BCUT2D eigenvalue weighted by molar-refractivity contribution is 8.22. The minimum atomic E-state index is 0.603. The Balaban J connectivity index is 1.56. The molecule has 1 aliphatic carbocycles. The lowest BCUT2D eigenvalue weighted by molar-refractivity contribution is 0.233. The summed E-state index contributed by atoms with van der Waals surface area (Å²) in [4.78, 5) is 4.82. The second-order valence-electron chi connectivity index (χ2n) is 9.78. The number of benzene rings is 2. The predicted octanol–water partition coefficient (Wildman–Crippen LogP) is 7.88. The summed E-state index contributed by atoms with van der Waals surface area (Å²) < 4.78 is 1.10. The zero-order valence-corrected chi connectivity index (χ0v) is 22.5. The second kappa shape index (κ2) is 14.1. The highest BCUT2D eigenvalue weighted by Gasteiger charge is 2.28. The van der Waals surface area contributed by atoms with Crippen LogP contribution in [0.25, 0.3) is 0 Å². The summed E-state index contributed by atoms with van der Waals surface area (Å²) in [6, 6.07) is 20.7. The van der Waals surface area contributed by atoms with Crippen LogP contribution in [0.1, 0.15) is 80.9 Å². The van der Waals surface area contributed by atoms with Crippen molar-refractivity contribution in [3.8, 4) is 0 Å². The van der Waals surface area contributed by atoms with Gasteiger partial charge in [-0.1, -0.05) is 105 Å². The molecule has 0 amide bonds. The van der Waals surface area contributed by atoms with E-state index in [1.54, 1.807) is 0 Å². The largest absolute Gasteiger partial charge is 0.355 e. The third kappa shape index (κ3) is 8.73. The van der Waals surface area contributed by atoms with E-state index in [1.165, 1.54) is 68.1 Å². The molecule has 3 rings (SSSR count). The Hall–Kier alpha value is -1.36. The lowest BCUT2D eigenvalue weighted by atomic mass is 9.81. The van der Waals surface area contributed by atoms with Gasteiger partial charge in [0, 0.05) is 24.9 Å². The topological polar surface area (TPSA) is 6.48 Å². The molecule has 4 heteroatoms. The summed E-state index contributed by atoms with van der Waals surface area (Å²) in [5, 5.41) is 0. The van der Waals surface area contributed by atoms with Crippen LogP contribution in [-0.2, 0) is 12.3 Å². The fourth-order valence-corrected chi connectivity index (χ4v) is 6.22. The number of hydrogen-bond acceptors (Lipinski definition) is 3. The smallest absolute Gasteiger partial charge is 0.136 e. The van der Waals surface area contributed by atoms with Crippen LogP contribution in [0.15, 0.2) is 54.6 Å². The summed E-state index contributed by atoms with van der Waals surface area (Å²) >= 11 is 7.84. The predicted molar refractivity (Wildman–Crippen MR) is 150 cm³/mol. The SMILES string of the molecule is CCCCCCN(C(=S)SCc1ccccc1)C1CCC(c2ccc(CN(C)C)cc2)CC1. The molecule has 0 atom stereocenters. The number of unbranched alkanes of at least 4 members (excludes halogenated alkanes) is 3. The molecule has 1 saturated carbocycles. The van der Waals surface area contributed by atoms with Crippen molar-refractivity contribution in [2.75, 3.05) is 20.6 Å². The lowest BCUT2D eigenvalue weighted by Crippen LogP contribution is -2.41. The van der Waals surface area contributed by atoms with E-state index < -0.39 is 0 Å². The maximum atomic E-state index is 5.99. The highest BCUT2D eigenvalue weighted by Crippen LogP contribution is 2.36. The van der Waals surface area contributed by atoms with Crippen LogP contribution in [0.2, 0.25) is 0 Å². The van der Waals surface area contributed by atoms with Crippen molar-refractivity contribution in [2.45, 2.75) is 82.5 Å². The average molecular weight is 483 g/mol. The van der Waals surface area contributed by atoms with Gasteiger partial charge in [-0.15, -0.1) is 0 Å². The molecule has 0 N–H and O–H groups in total. The van der Waals surface area contributed by atoms with Gasteiger partial charge in [0.05, 0.1) is 0 Å². The Morgan fingerprint density at radius 2 is 1.58 bits per heavy atom. The van der Waals surface area contributed by atoms with E-state index in [4.69, 9.17) is 12.2 Å². The lowest BCUT2D eigenvalue weighted by Gasteiger charge is -2.38. The van der Waals surface area contributed by atoms with Crippen LogP contribution in [0.4, 0.5) is 0 Å². The molecule has 0 unspecified atom stereocenters. The average Bonchev–Trinajstić information content (AvgIpc) is 2.84. The Kier molecular flexibility index (Phi) is 11.2. The van der Waals surface area contributed by atoms with Crippen molar-refractivity contribution in [3.63, 3.8) is 0 Å². The zero-order chi connectivity index (χ0) is 23.5. The van der Waals surface area contributed by atoms with Crippen LogP contribution < -0.4 is 0 Å². The quantitative estimate of drug-likeness (QED) is 0.237. The second-order valence-corrected chi connectivity index (χ2v) is 11.4. The minimum absolute atomic E-state index is 0.603. The summed E-state index contributed by atoms with van der Waals surface area (Å²) in [6.45, 7) is 4.42. The maximum absolute atomic E-state index is 5.99. The van der Waals surface area contributed by atoms with Gasteiger partial charge in [-0.2, -0.15) is 0 Å². The van der Waals surface area contributed by atoms with Crippen LogP contribution in [-0.4, -0.2) is 40.8 Å². The molecule has 2 aromatic carbocycles. The summed E-state index contributed by atoms with van der Waals surface area (Å²) in [7, 11) is 4.26. The zero-order valence-electron chi connectivity index (χ0n) is 20.8. The van der Waals surface area contributed by atoms with Crippen molar-refractivity contribution in [3.05, 3.63) is 71.3 Å². The molecule has 180 valence electrons. The molecule has 2 nitrogen and oxygen atoms in total. The monoisotopic (exact) mass is 482 g/mol. The highest BCUT2D eigenvalue weighted by atomic mass is 32.2. The fraction of sp³-hybridized carbons (Fsp3) is 0.552. The number of thiocarbonyl (C=S) groups is 1. The number of thioether (sulfide) groups is 1. The van der Waals surface area contributed by atoms with Crippen LogP contribution in [0.3, 0.4) is 0 Å². The van der Waals surface area contributed by atoms with Gasteiger partial charge in [0.15, 0.2) is 0 Å². The molecule has 0 saturated heterocycles. The van der Waals surface area contributed by atoms with E-state index in [0.29, 0.717) is 12.0 Å². The Morgan fingerprint density at radius 1 is 0.879 bits per heavy atom. The first-order chi connectivity index (χ1) is 16.1. The molecule has 1 aliphatic rings. The molecule has 0 aliphatic heterocycles. The van der Waals surface area contributed by atoms with Crippen molar-refractivity contribution in [1.82, 2.24) is 9.80 Å². The molecule has 2 aromatic rings. The number of rotatable bonds is 11. The first-order valence-corrected chi connectivity index (χ1v) is 14.2. The molecule has 33 heavy (non-hydrogen) atoms. The van der Waals surface area contributed by atoms with E-state index in [0.717, 1.165) is 23.2 Å². The molecule has 0 bridgehead atoms. The van der Waals surface area contributed by atoms with Gasteiger partial charge >= 0.3 is 0 Å². The Morgan fingerprint density at radius 3 is 2.21 bits per heavy atom. The van der Waals surface area contributed by atoms with Gasteiger partial charge < -0.3 is 9.80 Å². The molecule has 0 spiro atoms. The van der Waals surface area contributed by atoms with E-state index >= 15 is 0 Å². The van der Waals surface area contributed by atoms with Crippen molar-refractivity contribution in [1.29, 1.82) is 0 Å². The molecule has 0 aromatic heterocycles. The maximum Gasteiger partial charge on any atom is 0.136 e. The molecule has 0 heterocycles. The number of nitrogens with zero attached hydrogens (tertiary/aromatic N) is 2.